The van der Waals surface area contributed by atoms with Gasteiger partial charge in [0.1, 0.15) is 0 Å². The molecule has 34 heavy (non-hydrogen) atoms. The summed E-state index contributed by atoms with van der Waals surface area (Å²) in [4.78, 5) is 15.1. The lowest BCUT2D eigenvalue weighted by atomic mass is 9.97. The lowest BCUT2D eigenvalue weighted by Gasteiger charge is -2.30. The summed E-state index contributed by atoms with van der Waals surface area (Å²) in [6.07, 6.45) is 1.11. The number of aryl methyl sites for hydroxylation is 1. The van der Waals surface area contributed by atoms with Crippen molar-refractivity contribution in [2.24, 2.45) is 5.92 Å². The van der Waals surface area contributed by atoms with Crippen LogP contribution in [-0.2, 0) is 38.4 Å². The molecule has 7 nitrogen and oxygen atoms in total. The van der Waals surface area contributed by atoms with Crippen LogP contribution in [0.15, 0.2) is 48.5 Å². The normalized spacial score (nSPS) is 18.6. The Morgan fingerprint density at radius 3 is 2.29 bits per heavy atom. The Balaban J connectivity index is 1.22. The molecule has 0 bridgehead atoms. The zero-order valence-electron chi connectivity index (χ0n) is 19.9. The van der Waals surface area contributed by atoms with E-state index >= 15 is 0 Å². The van der Waals surface area contributed by atoms with Crippen LogP contribution < -0.4 is 5.32 Å². The molecule has 0 spiro atoms. The van der Waals surface area contributed by atoms with Gasteiger partial charge in [-0.3, -0.25) is 9.69 Å². The number of piperidine rings is 1. The summed E-state index contributed by atoms with van der Waals surface area (Å²) in [5, 5.41) is 3.04. The summed E-state index contributed by atoms with van der Waals surface area (Å²) in [6, 6.07) is 15.9. The van der Waals surface area contributed by atoms with Crippen molar-refractivity contribution in [1.82, 2.24) is 14.5 Å². The van der Waals surface area contributed by atoms with Gasteiger partial charge in [-0.25, -0.2) is 12.7 Å². The average Bonchev–Trinajstić information content (AvgIpc) is 2.85. The highest BCUT2D eigenvalue weighted by atomic mass is 32.2. The van der Waals surface area contributed by atoms with E-state index in [9.17, 15) is 13.2 Å². The number of carbonyl (C=O) groups excluding carboxylic acids is 1. The standard InChI is InChI=1S/C26H35N3O4S/c1-21-4-2-3-5-25(21)20-34(31,32)29-12-10-24(11-13-29)26(30)27-18-22-6-8-23(9-7-22)19-28-14-16-33-17-15-28/h2-9,24H,10-20H2,1H3,(H,27,30). The smallest absolute Gasteiger partial charge is 0.223 e. The molecule has 0 atom stereocenters. The maximum absolute atomic E-state index is 12.9. The second kappa shape index (κ2) is 11.4. The summed E-state index contributed by atoms with van der Waals surface area (Å²) in [5.74, 6) is -0.128. The quantitative estimate of drug-likeness (QED) is 0.622. The third-order valence-corrected chi connectivity index (χ3v) is 8.64. The largest absolute Gasteiger partial charge is 0.379 e. The molecule has 2 aliphatic rings. The fourth-order valence-electron chi connectivity index (χ4n) is 4.57. The van der Waals surface area contributed by atoms with Crippen molar-refractivity contribution >= 4 is 15.9 Å². The SMILES string of the molecule is Cc1ccccc1CS(=O)(=O)N1CCC(C(=O)NCc2ccc(CN3CCOCC3)cc2)CC1. The van der Waals surface area contributed by atoms with Gasteiger partial charge >= 0.3 is 0 Å². The van der Waals surface area contributed by atoms with Crippen molar-refractivity contribution in [3.63, 3.8) is 0 Å². The van der Waals surface area contributed by atoms with Gasteiger partial charge in [0.25, 0.3) is 0 Å². The molecule has 2 aromatic rings. The number of ether oxygens (including phenoxy) is 1. The molecule has 1 N–H and O–H groups in total. The lowest BCUT2D eigenvalue weighted by Crippen LogP contribution is -2.43. The van der Waals surface area contributed by atoms with Crippen molar-refractivity contribution in [3.05, 3.63) is 70.8 Å². The number of carbonyl (C=O) groups is 1. The Morgan fingerprint density at radius 2 is 1.62 bits per heavy atom. The van der Waals surface area contributed by atoms with Gasteiger partial charge in [-0.2, -0.15) is 0 Å². The van der Waals surface area contributed by atoms with Gasteiger partial charge < -0.3 is 10.1 Å². The molecule has 2 heterocycles. The van der Waals surface area contributed by atoms with Crippen LogP contribution in [0.25, 0.3) is 0 Å². The molecule has 1 amide bonds. The molecule has 0 aliphatic carbocycles. The average molecular weight is 486 g/mol. The lowest BCUT2D eigenvalue weighted by molar-refractivity contribution is -0.126. The highest BCUT2D eigenvalue weighted by Gasteiger charge is 2.31. The number of hydrogen-bond acceptors (Lipinski definition) is 5. The van der Waals surface area contributed by atoms with E-state index in [0.29, 0.717) is 32.5 Å². The van der Waals surface area contributed by atoms with Gasteiger partial charge in [0.15, 0.2) is 0 Å². The molecular weight excluding hydrogens is 450 g/mol. The third kappa shape index (κ3) is 6.66. The van der Waals surface area contributed by atoms with Gasteiger partial charge in [0, 0.05) is 45.2 Å². The second-order valence-corrected chi connectivity index (χ2v) is 11.2. The zero-order valence-corrected chi connectivity index (χ0v) is 20.7. The van der Waals surface area contributed by atoms with Crippen LogP contribution in [0.4, 0.5) is 0 Å². The second-order valence-electron chi connectivity index (χ2n) is 9.28. The number of nitrogens with zero attached hydrogens (tertiary/aromatic N) is 2. The van der Waals surface area contributed by atoms with E-state index in [1.807, 2.05) is 31.2 Å². The van der Waals surface area contributed by atoms with Gasteiger partial charge in [-0.1, -0.05) is 48.5 Å². The van der Waals surface area contributed by atoms with E-state index in [0.717, 1.165) is 49.5 Å². The zero-order chi connectivity index (χ0) is 24.0. The number of nitrogens with one attached hydrogen (secondary N) is 1. The van der Waals surface area contributed by atoms with Crippen LogP contribution in [-0.4, -0.2) is 62.9 Å². The van der Waals surface area contributed by atoms with Crippen LogP contribution in [0.5, 0.6) is 0 Å². The minimum absolute atomic E-state index is 0.00773. The predicted octanol–water partition coefficient (Wildman–Crippen LogP) is 2.69. The topological polar surface area (TPSA) is 79.0 Å². The third-order valence-electron chi connectivity index (χ3n) is 6.82. The van der Waals surface area contributed by atoms with Crippen molar-refractivity contribution in [2.45, 2.75) is 38.6 Å². The molecule has 0 saturated carbocycles. The number of rotatable bonds is 8. The van der Waals surface area contributed by atoms with E-state index in [-0.39, 0.29) is 17.6 Å². The predicted molar refractivity (Wildman–Crippen MR) is 132 cm³/mol. The summed E-state index contributed by atoms with van der Waals surface area (Å²) in [6.45, 7) is 7.63. The molecule has 4 rings (SSSR count). The number of morpholine rings is 1. The van der Waals surface area contributed by atoms with Crippen molar-refractivity contribution in [1.29, 1.82) is 0 Å². The highest BCUT2D eigenvalue weighted by molar-refractivity contribution is 7.88. The van der Waals surface area contributed by atoms with Crippen molar-refractivity contribution in [2.75, 3.05) is 39.4 Å². The van der Waals surface area contributed by atoms with Crippen LogP contribution in [0.3, 0.4) is 0 Å². The number of hydrogen-bond donors (Lipinski definition) is 1. The molecule has 2 saturated heterocycles. The minimum Gasteiger partial charge on any atom is -0.379 e. The van der Waals surface area contributed by atoms with Crippen LogP contribution >= 0.6 is 0 Å². The molecular formula is C26H35N3O4S. The Morgan fingerprint density at radius 1 is 0.971 bits per heavy atom. The van der Waals surface area contributed by atoms with Gasteiger partial charge in [-0.15, -0.1) is 0 Å². The Bertz CT molecular complexity index is 1060. The molecule has 0 radical (unpaired) electrons. The van der Waals surface area contributed by atoms with Gasteiger partial charge in [-0.05, 0) is 42.0 Å². The molecule has 2 aromatic carbocycles. The first kappa shape index (κ1) is 24.9. The molecule has 2 aliphatic heterocycles. The van der Waals surface area contributed by atoms with Crippen LogP contribution in [0, 0.1) is 12.8 Å². The van der Waals surface area contributed by atoms with Crippen molar-refractivity contribution < 1.29 is 17.9 Å². The Kier molecular flexibility index (Phi) is 8.37. The van der Waals surface area contributed by atoms with Gasteiger partial charge in [0.05, 0.1) is 19.0 Å². The number of amides is 1. The summed E-state index contributed by atoms with van der Waals surface area (Å²) < 4.78 is 32.7. The van der Waals surface area contributed by atoms with Gasteiger partial charge in [0.2, 0.25) is 15.9 Å². The van der Waals surface area contributed by atoms with E-state index in [4.69, 9.17) is 4.74 Å². The van der Waals surface area contributed by atoms with Crippen LogP contribution in [0.1, 0.15) is 35.1 Å². The molecule has 0 unspecified atom stereocenters. The molecule has 2 fully saturated rings. The van der Waals surface area contributed by atoms with E-state index in [2.05, 4.69) is 34.5 Å². The summed E-state index contributed by atoms with van der Waals surface area (Å²) in [7, 11) is -3.39. The molecule has 8 heteroatoms. The first-order chi connectivity index (χ1) is 16.4. The summed E-state index contributed by atoms with van der Waals surface area (Å²) >= 11 is 0. The maximum Gasteiger partial charge on any atom is 0.223 e. The van der Waals surface area contributed by atoms with Crippen LogP contribution in [0.2, 0.25) is 0 Å². The maximum atomic E-state index is 12.9. The Hall–Kier alpha value is -2.26. The fraction of sp³-hybridized carbons (Fsp3) is 0.500. The van der Waals surface area contributed by atoms with E-state index in [1.54, 1.807) is 0 Å². The van der Waals surface area contributed by atoms with Crippen molar-refractivity contribution in [3.8, 4) is 0 Å². The highest BCUT2D eigenvalue weighted by Crippen LogP contribution is 2.23. The number of sulfonamides is 1. The first-order valence-corrected chi connectivity index (χ1v) is 13.7. The number of benzene rings is 2. The van der Waals surface area contributed by atoms with E-state index in [1.165, 1.54) is 9.87 Å². The Labute approximate surface area is 203 Å². The minimum atomic E-state index is -3.39. The van der Waals surface area contributed by atoms with E-state index < -0.39 is 10.0 Å². The summed E-state index contributed by atoms with van der Waals surface area (Å²) in [5.41, 5.74) is 4.14. The monoisotopic (exact) mass is 485 g/mol. The first-order valence-electron chi connectivity index (χ1n) is 12.1. The fourth-order valence-corrected chi connectivity index (χ4v) is 6.24. The molecule has 184 valence electrons. The molecule has 0 aromatic heterocycles.